The SMILES string of the molecule is CS(=O)(=O)n1ccc(OCCF)c1. The predicted molar refractivity (Wildman–Crippen MR) is 46.1 cm³/mol. The van der Waals surface area contributed by atoms with E-state index in [0.717, 1.165) is 10.2 Å². The van der Waals surface area contributed by atoms with Crippen LogP contribution in [0.25, 0.3) is 0 Å². The number of rotatable bonds is 4. The molecule has 0 aromatic carbocycles. The fourth-order valence-electron chi connectivity index (χ4n) is 0.806. The van der Waals surface area contributed by atoms with E-state index in [9.17, 15) is 12.8 Å². The first kappa shape index (κ1) is 10.0. The summed E-state index contributed by atoms with van der Waals surface area (Å²) in [5, 5.41) is 0. The minimum Gasteiger partial charge on any atom is -0.489 e. The van der Waals surface area contributed by atoms with Crippen LogP contribution in [0, 0.1) is 0 Å². The zero-order valence-electron chi connectivity index (χ0n) is 7.10. The van der Waals surface area contributed by atoms with Crippen LogP contribution in [0.5, 0.6) is 5.75 Å². The van der Waals surface area contributed by atoms with E-state index < -0.39 is 16.7 Å². The summed E-state index contributed by atoms with van der Waals surface area (Å²) in [4.78, 5) is 0. The lowest BCUT2D eigenvalue weighted by Gasteiger charge is -1.99. The molecule has 0 saturated carbocycles. The summed E-state index contributed by atoms with van der Waals surface area (Å²) in [6.07, 6.45) is 3.72. The Morgan fingerprint density at radius 3 is 2.77 bits per heavy atom. The molecule has 4 nitrogen and oxygen atoms in total. The lowest BCUT2D eigenvalue weighted by Crippen LogP contribution is -2.06. The maximum absolute atomic E-state index is 11.7. The van der Waals surface area contributed by atoms with E-state index in [0.29, 0.717) is 5.75 Å². The number of hydrogen-bond donors (Lipinski definition) is 0. The molecular weight excluding hydrogens is 197 g/mol. The Bertz CT molecular complexity index is 371. The second-order valence-electron chi connectivity index (χ2n) is 2.48. The molecule has 0 amide bonds. The summed E-state index contributed by atoms with van der Waals surface area (Å²) < 4.78 is 39.5. The van der Waals surface area contributed by atoms with E-state index in [1.54, 1.807) is 0 Å². The van der Waals surface area contributed by atoms with Crippen molar-refractivity contribution in [3.8, 4) is 5.75 Å². The molecule has 74 valence electrons. The maximum Gasteiger partial charge on any atom is 0.235 e. The number of ether oxygens (including phenoxy) is 1. The highest BCUT2D eigenvalue weighted by Gasteiger charge is 2.05. The van der Waals surface area contributed by atoms with Crippen LogP contribution in [0.15, 0.2) is 18.5 Å². The summed E-state index contributed by atoms with van der Waals surface area (Å²) in [5.74, 6) is 0.350. The van der Waals surface area contributed by atoms with E-state index in [-0.39, 0.29) is 6.61 Å². The fraction of sp³-hybridized carbons (Fsp3) is 0.429. The van der Waals surface area contributed by atoms with Crippen LogP contribution in [0.3, 0.4) is 0 Å². The third-order valence-corrected chi connectivity index (χ3v) is 2.36. The molecule has 0 atom stereocenters. The monoisotopic (exact) mass is 207 g/mol. The van der Waals surface area contributed by atoms with Gasteiger partial charge in [-0.1, -0.05) is 0 Å². The number of alkyl halides is 1. The van der Waals surface area contributed by atoms with Crippen molar-refractivity contribution < 1.29 is 17.5 Å². The van der Waals surface area contributed by atoms with Gasteiger partial charge < -0.3 is 4.74 Å². The van der Waals surface area contributed by atoms with Crippen molar-refractivity contribution >= 4 is 10.0 Å². The second-order valence-corrected chi connectivity index (χ2v) is 4.37. The smallest absolute Gasteiger partial charge is 0.235 e. The van der Waals surface area contributed by atoms with Gasteiger partial charge in [0.05, 0.1) is 12.5 Å². The maximum atomic E-state index is 11.7. The minimum absolute atomic E-state index is 0.0617. The van der Waals surface area contributed by atoms with E-state index in [4.69, 9.17) is 4.74 Å². The Morgan fingerprint density at radius 1 is 1.62 bits per heavy atom. The first-order valence-corrected chi connectivity index (χ1v) is 5.46. The zero-order valence-corrected chi connectivity index (χ0v) is 7.92. The molecule has 0 spiro atoms. The van der Waals surface area contributed by atoms with Crippen molar-refractivity contribution in [3.63, 3.8) is 0 Å². The van der Waals surface area contributed by atoms with Gasteiger partial charge in [-0.25, -0.2) is 16.8 Å². The lowest BCUT2D eigenvalue weighted by atomic mass is 10.6. The summed E-state index contributed by atoms with van der Waals surface area (Å²) in [7, 11) is -3.26. The average Bonchev–Trinajstić information content (AvgIpc) is 2.47. The first-order valence-electron chi connectivity index (χ1n) is 3.61. The minimum atomic E-state index is -3.26. The Hall–Kier alpha value is -1.04. The molecule has 0 aliphatic rings. The third kappa shape index (κ3) is 2.73. The summed E-state index contributed by atoms with van der Waals surface area (Å²) in [6.45, 7) is -0.655. The van der Waals surface area contributed by atoms with Gasteiger partial charge in [-0.15, -0.1) is 0 Å². The molecule has 0 N–H and O–H groups in total. The molecule has 1 heterocycles. The highest BCUT2D eigenvalue weighted by molar-refractivity contribution is 7.89. The quantitative estimate of drug-likeness (QED) is 0.728. The first-order chi connectivity index (χ1) is 6.04. The van der Waals surface area contributed by atoms with E-state index in [1.807, 2.05) is 0 Å². The number of nitrogens with zero attached hydrogens (tertiary/aromatic N) is 1. The molecule has 0 aliphatic carbocycles. The molecular formula is C7H10FNO3S. The Kier molecular flexibility index (Phi) is 2.92. The Morgan fingerprint density at radius 2 is 2.31 bits per heavy atom. The Labute approximate surface area is 76.0 Å². The van der Waals surface area contributed by atoms with Gasteiger partial charge in [0.2, 0.25) is 10.0 Å². The molecule has 0 fully saturated rings. The molecule has 13 heavy (non-hydrogen) atoms. The Balaban J connectivity index is 2.76. The summed E-state index contributed by atoms with van der Waals surface area (Å²) >= 11 is 0. The topological polar surface area (TPSA) is 48.3 Å². The molecule has 1 aromatic heterocycles. The lowest BCUT2D eigenvalue weighted by molar-refractivity contribution is 0.273. The standard InChI is InChI=1S/C7H10FNO3S/c1-13(10,11)9-4-2-7(6-9)12-5-3-8/h2,4,6H,3,5H2,1H3. The largest absolute Gasteiger partial charge is 0.489 e. The molecule has 0 radical (unpaired) electrons. The van der Waals surface area contributed by atoms with E-state index in [1.165, 1.54) is 18.5 Å². The van der Waals surface area contributed by atoms with Gasteiger partial charge in [-0.3, -0.25) is 0 Å². The van der Waals surface area contributed by atoms with Crippen LogP contribution in [0.2, 0.25) is 0 Å². The summed E-state index contributed by atoms with van der Waals surface area (Å²) in [6, 6.07) is 1.47. The highest BCUT2D eigenvalue weighted by atomic mass is 32.2. The molecule has 1 rings (SSSR count). The third-order valence-electron chi connectivity index (χ3n) is 1.37. The predicted octanol–water partition coefficient (Wildman–Crippen LogP) is 0.644. The molecule has 0 unspecified atom stereocenters. The second kappa shape index (κ2) is 3.78. The van der Waals surface area contributed by atoms with Crippen LogP contribution in [0.1, 0.15) is 0 Å². The van der Waals surface area contributed by atoms with Crippen LogP contribution in [-0.2, 0) is 10.0 Å². The van der Waals surface area contributed by atoms with Gasteiger partial charge in [-0.2, -0.15) is 0 Å². The van der Waals surface area contributed by atoms with E-state index in [2.05, 4.69) is 0 Å². The van der Waals surface area contributed by atoms with Crippen LogP contribution >= 0.6 is 0 Å². The van der Waals surface area contributed by atoms with Gasteiger partial charge in [0.15, 0.2) is 0 Å². The van der Waals surface area contributed by atoms with Crippen molar-refractivity contribution in [1.82, 2.24) is 3.97 Å². The fourth-order valence-corrected chi connectivity index (χ4v) is 1.38. The molecule has 0 saturated heterocycles. The zero-order chi connectivity index (χ0) is 9.90. The van der Waals surface area contributed by atoms with Gasteiger partial charge in [0.25, 0.3) is 0 Å². The van der Waals surface area contributed by atoms with Crippen LogP contribution in [0.4, 0.5) is 4.39 Å². The molecule has 0 aliphatic heterocycles. The number of halogens is 1. The van der Waals surface area contributed by atoms with Gasteiger partial charge in [-0.05, 0) is 6.07 Å². The number of aromatic nitrogens is 1. The average molecular weight is 207 g/mol. The van der Waals surface area contributed by atoms with Crippen LogP contribution < -0.4 is 4.74 Å². The van der Waals surface area contributed by atoms with Gasteiger partial charge in [0.1, 0.15) is 19.0 Å². The molecule has 1 aromatic rings. The molecule has 6 heteroatoms. The molecule has 0 bridgehead atoms. The van der Waals surface area contributed by atoms with Gasteiger partial charge in [0, 0.05) is 6.20 Å². The van der Waals surface area contributed by atoms with Crippen molar-refractivity contribution in [1.29, 1.82) is 0 Å². The number of hydrogen-bond acceptors (Lipinski definition) is 3. The van der Waals surface area contributed by atoms with Crippen molar-refractivity contribution in [2.24, 2.45) is 0 Å². The van der Waals surface area contributed by atoms with Gasteiger partial charge >= 0.3 is 0 Å². The normalized spacial score (nSPS) is 11.5. The van der Waals surface area contributed by atoms with Crippen molar-refractivity contribution in [2.75, 3.05) is 19.5 Å². The van der Waals surface area contributed by atoms with Crippen molar-refractivity contribution in [3.05, 3.63) is 18.5 Å². The summed E-state index contributed by atoms with van der Waals surface area (Å²) in [5.41, 5.74) is 0. The van der Waals surface area contributed by atoms with Crippen LogP contribution in [-0.4, -0.2) is 31.9 Å². The van der Waals surface area contributed by atoms with E-state index >= 15 is 0 Å². The van der Waals surface area contributed by atoms with Crippen molar-refractivity contribution in [2.45, 2.75) is 0 Å². The highest BCUT2D eigenvalue weighted by Crippen LogP contribution is 2.12.